The van der Waals surface area contributed by atoms with Gasteiger partial charge in [0.2, 0.25) is 11.8 Å². The van der Waals surface area contributed by atoms with Crippen LogP contribution in [0.3, 0.4) is 0 Å². The Morgan fingerprint density at radius 1 is 0.935 bits per heavy atom. The SMILES string of the molecule is CC[C@@H]1CC[C@@H](C(=O)N2CCN(C(C)=O)CC2)N1C(=O)C1=C(C(C)C)N2C(=N[C@@](C)(c3ccc(Cl)cc3)[C@H]2c2ccc(Cl)cc2)S1. The smallest absolute Gasteiger partial charge is 0.263 e. The van der Waals surface area contributed by atoms with Crippen LogP contribution >= 0.6 is 35.0 Å². The number of rotatable bonds is 6. The third-order valence-electron chi connectivity index (χ3n) is 9.90. The number of hydrogen-bond donors (Lipinski definition) is 0. The highest BCUT2D eigenvalue weighted by molar-refractivity contribution is 8.18. The molecule has 2 aromatic carbocycles. The Kier molecular flexibility index (Phi) is 9.22. The van der Waals surface area contributed by atoms with Crippen molar-refractivity contribution in [1.82, 2.24) is 19.6 Å². The van der Waals surface area contributed by atoms with Gasteiger partial charge in [0.1, 0.15) is 16.5 Å². The summed E-state index contributed by atoms with van der Waals surface area (Å²) in [6, 6.07) is 14.9. The normalized spacial score (nSPS) is 26.3. The molecule has 244 valence electrons. The molecule has 0 N–H and O–H groups in total. The average molecular weight is 683 g/mol. The van der Waals surface area contributed by atoms with Gasteiger partial charge in [-0.3, -0.25) is 14.4 Å². The van der Waals surface area contributed by atoms with Crippen molar-refractivity contribution in [2.75, 3.05) is 26.2 Å². The first-order valence-electron chi connectivity index (χ1n) is 16.1. The van der Waals surface area contributed by atoms with Crippen LogP contribution in [-0.2, 0) is 19.9 Å². The first kappa shape index (κ1) is 32.9. The molecule has 2 fully saturated rings. The molecule has 0 radical (unpaired) electrons. The quantitative estimate of drug-likeness (QED) is 0.339. The fourth-order valence-corrected chi connectivity index (χ4v) is 9.07. The largest absolute Gasteiger partial charge is 0.339 e. The molecule has 0 bridgehead atoms. The van der Waals surface area contributed by atoms with E-state index in [2.05, 4.69) is 32.6 Å². The maximum absolute atomic E-state index is 14.8. The van der Waals surface area contributed by atoms with E-state index in [1.165, 1.54) is 11.8 Å². The highest BCUT2D eigenvalue weighted by atomic mass is 35.5. The molecule has 2 aromatic rings. The topological polar surface area (TPSA) is 76.5 Å². The maximum atomic E-state index is 14.8. The fraction of sp³-hybridized carbons (Fsp3) is 0.486. The number of fused-ring (bicyclic) bond motifs is 1. The number of thioether (sulfide) groups is 1. The lowest BCUT2D eigenvalue weighted by molar-refractivity contribution is -0.146. The summed E-state index contributed by atoms with van der Waals surface area (Å²) in [5.41, 5.74) is 2.33. The summed E-state index contributed by atoms with van der Waals surface area (Å²) in [5, 5.41) is 2.09. The highest BCUT2D eigenvalue weighted by Crippen LogP contribution is 2.56. The number of likely N-dealkylation sites (tertiary alicyclic amines) is 1. The lowest BCUT2D eigenvalue weighted by atomic mass is 9.81. The summed E-state index contributed by atoms with van der Waals surface area (Å²) >= 11 is 14.0. The first-order valence-corrected chi connectivity index (χ1v) is 17.7. The molecule has 46 heavy (non-hydrogen) atoms. The number of aliphatic imine (C=N–C) groups is 1. The van der Waals surface area contributed by atoms with Gasteiger partial charge < -0.3 is 19.6 Å². The minimum absolute atomic E-state index is 0.0120. The van der Waals surface area contributed by atoms with Crippen LogP contribution in [-0.4, -0.2) is 80.8 Å². The lowest BCUT2D eigenvalue weighted by Crippen LogP contribution is -2.56. The zero-order chi connectivity index (χ0) is 32.9. The van der Waals surface area contributed by atoms with Gasteiger partial charge in [0, 0.05) is 54.9 Å². The van der Waals surface area contributed by atoms with E-state index in [4.69, 9.17) is 28.2 Å². The molecule has 11 heteroatoms. The summed E-state index contributed by atoms with van der Waals surface area (Å²) < 4.78 is 0. The number of hydrogen-bond acceptors (Lipinski definition) is 6. The Balaban J connectivity index is 1.37. The molecular weight excluding hydrogens is 641 g/mol. The second-order valence-corrected chi connectivity index (χ2v) is 14.9. The van der Waals surface area contributed by atoms with E-state index >= 15 is 0 Å². The van der Waals surface area contributed by atoms with Crippen molar-refractivity contribution < 1.29 is 14.4 Å². The first-order chi connectivity index (χ1) is 21.9. The van der Waals surface area contributed by atoms with E-state index in [0.717, 1.165) is 34.8 Å². The van der Waals surface area contributed by atoms with Crippen LogP contribution in [0.25, 0.3) is 0 Å². The second-order valence-electron chi connectivity index (χ2n) is 13.0. The number of piperazine rings is 1. The van der Waals surface area contributed by atoms with E-state index in [9.17, 15) is 14.4 Å². The second kappa shape index (κ2) is 12.9. The molecule has 6 rings (SSSR count). The van der Waals surface area contributed by atoms with Gasteiger partial charge in [-0.1, -0.05) is 68.2 Å². The molecule has 0 aliphatic carbocycles. The summed E-state index contributed by atoms with van der Waals surface area (Å²) in [5.74, 6) is -0.0823. The third kappa shape index (κ3) is 5.73. The lowest BCUT2D eigenvalue weighted by Gasteiger charge is -2.38. The number of amides is 3. The van der Waals surface area contributed by atoms with Gasteiger partial charge in [-0.15, -0.1) is 0 Å². The van der Waals surface area contributed by atoms with Crippen molar-refractivity contribution in [3.05, 3.63) is 80.3 Å². The van der Waals surface area contributed by atoms with E-state index in [1.54, 1.807) is 11.8 Å². The zero-order valence-corrected chi connectivity index (χ0v) is 29.3. The van der Waals surface area contributed by atoms with Crippen LogP contribution in [0, 0.1) is 5.92 Å². The number of allylic oxidation sites excluding steroid dienone is 1. The van der Waals surface area contributed by atoms with Gasteiger partial charge in [-0.25, -0.2) is 4.99 Å². The van der Waals surface area contributed by atoms with Gasteiger partial charge in [0.25, 0.3) is 5.91 Å². The van der Waals surface area contributed by atoms with Crippen LogP contribution < -0.4 is 0 Å². The predicted molar refractivity (Wildman–Crippen MR) is 185 cm³/mol. The summed E-state index contributed by atoms with van der Waals surface area (Å²) in [6.07, 6.45) is 2.20. The van der Waals surface area contributed by atoms with Crippen LogP contribution in [0.2, 0.25) is 10.0 Å². The molecule has 4 aliphatic rings. The standard InChI is InChI=1S/C35H41Cl2N5O3S/c1-6-27-15-16-28(32(44)40-19-17-39(18-20-40)22(4)43)41(27)33(45)30-29(21(2)3)42-31(23-7-11-25(36)12-8-23)35(5,38-34(42)46-30)24-9-13-26(37)14-10-24/h7-14,21,27-28,31H,6,15-20H2,1-5H3/t27-,28+,31-,35+/m1/s1. The Labute approximate surface area is 285 Å². The molecule has 0 aromatic heterocycles. The average Bonchev–Trinajstić information content (AvgIpc) is 3.71. The molecule has 0 saturated carbocycles. The molecular formula is C35H41Cl2N5O3S. The molecule has 0 unspecified atom stereocenters. The van der Waals surface area contributed by atoms with Gasteiger partial charge in [-0.2, -0.15) is 0 Å². The van der Waals surface area contributed by atoms with Crippen LogP contribution in [0.5, 0.6) is 0 Å². The molecule has 4 atom stereocenters. The fourth-order valence-electron chi connectivity index (χ4n) is 7.47. The minimum Gasteiger partial charge on any atom is -0.339 e. The highest BCUT2D eigenvalue weighted by Gasteiger charge is 2.54. The van der Waals surface area contributed by atoms with E-state index in [1.807, 2.05) is 58.3 Å². The van der Waals surface area contributed by atoms with Crippen molar-refractivity contribution in [3.8, 4) is 0 Å². The predicted octanol–water partition coefficient (Wildman–Crippen LogP) is 6.70. The number of amidine groups is 1. The van der Waals surface area contributed by atoms with Crippen molar-refractivity contribution in [1.29, 1.82) is 0 Å². The number of carbonyl (C=O) groups is 3. The Bertz CT molecular complexity index is 1590. The summed E-state index contributed by atoms with van der Waals surface area (Å²) in [6.45, 7) is 12.0. The molecule has 0 spiro atoms. The van der Waals surface area contributed by atoms with E-state index < -0.39 is 11.6 Å². The Hall–Kier alpha value is -3.01. The van der Waals surface area contributed by atoms with Crippen molar-refractivity contribution in [2.45, 2.75) is 77.5 Å². The molecule has 3 amide bonds. The van der Waals surface area contributed by atoms with E-state index in [-0.39, 0.29) is 35.7 Å². The number of nitrogens with zero attached hydrogens (tertiary/aromatic N) is 5. The maximum Gasteiger partial charge on any atom is 0.263 e. The van der Waals surface area contributed by atoms with Crippen LogP contribution in [0.4, 0.5) is 0 Å². The molecule has 4 aliphatic heterocycles. The monoisotopic (exact) mass is 681 g/mol. The van der Waals surface area contributed by atoms with Crippen molar-refractivity contribution >= 4 is 57.9 Å². The van der Waals surface area contributed by atoms with Gasteiger partial charge >= 0.3 is 0 Å². The summed E-state index contributed by atoms with van der Waals surface area (Å²) in [7, 11) is 0. The zero-order valence-electron chi connectivity index (χ0n) is 27.0. The van der Waals surface area contributed by atoms with Gasteiger partial charge in [0.15, 0.2) is 5.17 Å². The Morgan fingerprint density at radius 3 is 2.09 bits per heavy atom. The van der Waals surface area contributed by atoms with Crippen LogP contribution in [0.15, 0.2) is 64.1 Å². The minimum atomic E-state index is -0.657. The third-order valence-corrected chi connectivity index (χ3v) is 11.5. The summed E-state index contributed by atoms with van der Waals surface area (Å²) in [4.78, 5) is 54.3. The van der Waals surface area contributed by atoms with Crippen molar-refractivity contribution in [2.24, 2.45) is 10.9 Å². The van der Waals surface area contributed by atoms with Gasteiger partial charge in [0.05, 0.1) is 6.04 Å². The molecule has 8 nitrogen and oxygen atoms in total. The number of carbonyl (C=O) groups excluding carboxylic acids is 3. The van der Waals surface area contributed by atoms with Gasteiger partial charge in [-0.05, 0) is 79.3 Å². The molecule has 4 heterocycles. The van der Waals surface area contributed by atoms with Crippen molar-refractivity contribution in [3.63, 3.8) is 0 Å². The number of benzene rings is 2. The van der Waals surface area contributed by atoms with Crippen LogP contribution in [0.1, 0.15) is 71.0 Å². The number of halogens is 2. The Morgan fingerprint density at radius 2 is 1.52 bits per heavy atom. The molecule has 2 saturated heterocycles. The van der Waals surface area contributed by atoms with E-state index in [0.29, 0.717) is 47.6 Å².